The second kappa shape index (κ2) is 7.91. The molecule has 0 N–H and O–H groups in total. The van der Waals surface area contributed by atoms with Crippen LogP contribution in [0, 0.1) is 13.8 Å². The molecule has 1 aromatic heterocycles. The summed E-state index contributed by atoms with van der Waals surface area (Å²) in [5.74, 6) is 0.661. The van der Waals surface area contributed by atoms with Crippen molar-refractivity contribution < 1.29 is 14.3 Å². The average molecular weight is 372 g/mol. The van der Waals surface area contributed by atoms with Gasteiger partial charge in [-0.2, -0.15) is 0 Å². The molecule has 0 aliphatic carbocycles. The summed E-state index contributed by atoms with van der Waals surface area (Å²) in [4.78, 5) is 30.1. The summed E-state index contributed by atoms with van der Waals surface area (Å²) in [5.41, 5.74) is 2.60. The molecule has 1 aliphatic rings. The molecule has 1 saturated heterocycles. The number of rotatable bonds is 3. The molecule has 2 amide bonds. The van der Waals surface area contributed by atoms with Crippen LogP contribution in [0.3, 0.4) is 0 Å². The van der Waals surface area contributed by atoms with Gasteiger partial charge in [0.25, 0.3) is 11.8 Å². The number of carbonyl (C=O) groups is 2. The smallest absolute Gasteiger partial charge is 0.263 e. The Bertz CT molecular complexity index is 802. The highest BCUT2D eigenvalue weighted by atomic mass is 32.1. The van der Waals surface area contributed by atoms with Crippen molar-refractivity contribution in [2.24, 2.45) is 0 Å². The lowest BCUT2D eigenvalue weighted by Gasteiger charge is -2.23. The van der Waals surface area contributed by atoms with Gasteiger partial charge in [0, 0.05) is 26.2 Å². The van der Waals surface area contributed by atoms with E-state index in [-0.39, 0.29) is 11.8 Å². The quantitative estimate of drug-likeness (QED) is 0.830. The van der Waals surface area contributed by atoms with Gasteiger partial charge in [-0.05, 0) is 48.9 Å². The minimum atomic E-state index is -0.0286. The van der Waals surface area contributed by atoms with Crippen LogP contribution in [0.1, 0.15) is 37.6 Å². The zero-order valence-corrected chi connectivity index (χ0v) is 16.3. The normalized spacial score (nSPS) is 14.9. The predicted octanol–water partition coefficient (Wildman–Crippen LogP) is 3.36. The highest BCUT2D eigenvalue weighted by molar-refractivity contribution is 7.12. The van der Waals surface area contributed by atoms with E-state index in [9.17, 15) is 9.59 Å². The lowest BCUT2D eigenvalue weighted by Crippen LogP contribution is -2.37. The van der Waals surface area contributed by atoms with Crippen molar-refractivity contribution in [1.82, 2.24) is 9.80 Å². The molecule has 2 aromatic rings. The molecule has 1 aliphatic heterocycles. The van der Waals surface area contributed by atoms with Crippen LogP contribution in [0.4, 0.5) is 0 Å². The number of carbonyl (C=O) groups excluding carboxylic acids is 2. The minimum absolute atomic E-state index is 0.0286. The first-order chi connectivity index (χ1) is 12.5. The van der Waals surface area contributed by atoms with Crippen LogP contribution >= 0.6 is 11.3 Å². The number of amides is 2. The summed E-state index contributed by atoms with van der Waals surface area (Å²) in [6.45, 7) is 6.33. The summed E-state index contributed by atoms with van der Waals surface area (Å²) in [7, 11) is 1.60. The van der Waals surface area contributed by atoms with E-state index in [1.807, 2.05) is 53.3 Å². The monoisotopic (exact) mass is 372 g/mol. The molecule has 1 aromatic carbocycles. The number of hydrogen-bond acceptors (Lipinski definition) is 4. The Morgan fingerprint density at radius 3 is 2.35 bits per heavy atom. The Morgan fingerprint density at radius 2 is 1.73 bits per heavy atom. The molecular weight excluding hydrogens is 348 g/mol. The molecule has 0 unspecified atom stereocenters. The fraction of sp³-hybridized carbons (Fsp3) is 0.400. The second-order valence-corrected chi connectivity index (χ2v) is 7.53. The highest BCUT2D eigenvalue weighted by Gasteiger charge is 2.26. The highest BCUT2D eigenvalue weighted by Crippen LogP contribution is 2.27. The Balaban J connectivity index is 1.75. The molecule has 0 spiro atoms. The molecule has 0 saturated carbocycles. The molecule has 2 heterocycles. The van der Waals surface area contributed by atoms with Gasteiger partial charge in [0.05, 0.1) is 17.6 Å². The number of aryl methyl sites for hydroxylation is 2. The van der Waals surface area contributed by atoms with Crippen molar-refractivity contribution in [1.29, 1.82) is 0 Å². The van der Waals surface area contributed by atoms with Crippen LogP contribution in [0.2, 0.25) is 0 Å². The van der Waals surface area contributed by atoms with E-state index in [1.54, 1.807) is 7.11 Å². The lowest BCUT2D eigenvalue weighted by molar-refractivity contribution is 0.0719. The van der Waals surface area contributed by atoms with Gasteiger partial charge in [-0.15, -0.1) is 11.3 Å². The maximum absolute atomic E-state index is 13.1. The van der Waals surface area contributed by atoms with E-state index in [0.717, 1.165) is 22.4 Å². The van der Waals surface area contributed by atoms with Crippen LogP contribution in [-0.2, 0) is 0 Å². The first-order valence-electron chi connectivity index (χ1n) is 8.78. The van der Waals surface area contributed by atoms with Gasteiger partial charge >= 0.3 is 0 Å². The van der Waals surface area contributed by atoms with Gasteiger partial charge in [-0.3, -0.25) is 9.59 Å². The summed E-state index contributed by atoms with van der Waals surface area (Å²) in [5, 5.41) is 1.91. The third-order valence-corrected chi connectivity index (χ3v) is 5.51. The summed E-state index contributed by atoms with van der Waals surface area (Å²) in [6, 6.07) is 7.63. The maximum atomic E-state index is 13.1. The summed E-state index contributed by atoms with van der Waals surface area (Å²) >= 11 is 1.46. The van der Waals surface area contributed by atoms with Gasteiger partial charge < -0.3 is 14.5 Å². The molecule has 0 atom stereocenters. The molecule has 1 fully saturated rings. The predicted molar refractivity (Wildman–Crippen MR) is 103 cm³/mol. The third kappa shape index (κ3) is 3.75. The van der Waals surface area contributed by atoms with Crippen molar-refractivity contribution in [2.45, 2.75) is 20.3 Å². The Morgan fingerprint density at radius 1 is 1.04 bits per heavy atom. The molecule has 0 radical (unpaired) electrons. The molecule has 138 valence electrons. The number of ether oxygens (including phenoxy) is 1. The van der Waals surface area contributed by atoms with E-state index in [2.05, 4.69) is 0 Å². The van der Waals surface area contributed by atoms with Gasteiger partial charge in [-0.25, -0.2) is 0 Å². The van der Waals surface area contributed by atoms with Crippen molar-refractivity contribution in [2.75, 3.05) is 33.3 Å². The number of nitrogens with zero attached hydrogens (tertiary/aromatic N) is 2. The average Bonchev–Trinajstić information content (AvgIpc) is 3.04. The van der Waals surface area contributed by atoms with Crippen LogP contribution in [0.15, 0.2) is 29.6 Å². The topological polar surface area (TPSA) is 49.9 Å². The van der Waals surface area contributed by atoms with Crippen LogP contribution in [0.5, 0.6) is 5.75 Å². The molecular formula is C20H24N2O3S. The standard InChI is InChI=1S/C20H24N2O3S/c1-14-12-15(2)18(25-3)16(13-14)19(23)21-7-5-8-22(10-9-21)20(24)17-6-4-11-26-17/h4,6,11-13H,5,7-10H2,1-3H3. The zero-order chi connectivity index (χ0) is 18.7. The number of hydrogen-bond donors (Lipinski definition) is 0. The molecule has 0 bridgehead atoms. The van der Waals surface area contributed by atoms with E-state index < -0.39 is 0 Å². The summed E-state index contributed by atoms with van der Waals surface area (Å²) < 4.78 is 5.47. The van der Waals surface area contributed by atoms with Crippen molar-refractivity contribution in [3.63, 3.8) is 0 Å². The Hall–Kier alpha value is -2.34. The lowest BCUT2D eigenvalue weighted by atomic mass is 10.0. The Labute approximate surface area is 158 Å². The zero-order valence-electron chi connectivity index (χ0n) is 15.4. The number of methoxy groups -OCH3 is 1. The largest absolute Gasteiger partial charge is 0.496 e. The Kier molecular flexibility index (Phi) is 5.61. The molecule has 3 rings (SSSR count). The van der Waals surface area contributed by atoms with Gasteiger partial charge in [-0.1, -0.05) is 12.1 Å². The minimum Gasteiger partial charge on any atom is -0.496 e. The van der Waals surface area contributed by atoms with E-state index in [4.69, 9.17) is 4.74 Å². The first kappa shape index (κ1) is 18.5. The molecule has 26 heavy (non-hydrogen) atoms. The van der Waals surface area contributed by atoms with Gasteiger partial charge in [0.15, 0.2) is 0 Å². The van der Waals surface area contributed by atoms with Crippen LogP contribution in [0.25, 0.3) is 0 Å². The number of thiophene rings is 1. The SMILES string of the molecule is COc1c(C)cc(C)cc1C(=O)N1CCCN(C(=O)c2cccs2)CC1. The van der Waals surface area contributed by atoms with Crippen LogP contribution < -0.4 is 4.74 Å². The maximum Gasteiger partial charge on any atom is 0.263 e. The van der Waals surface area contributed by atoms with Gasteiger partial charge in [0.1, 0.15) is 5.75 Å². The third-order valence-electron chi connectivity index (χ3n) is 4.66. The van der Waals surface area contributed by atoms with Crippen molar-refractivity contribution in [3.05, 3.63) is 51.2 Å². The van der Waals surface area contributed by atoms with E-state index >= 15 is 0 Å². The van der Waals surface area contributed by atoms with Crippen LogP contribution in [-0.4, -0.2) is 54.9 Å². The van der Waals surface area contributed by atoms with Crippen molar-refractivity contribution in [3.8, 4) is 5.75 Å². The molecule has 5 nitrogen and oxygen atoms in total. The van der Waals surface area contributed by atoms with E-state index in [0.29, 0.717) is 37.5 Å². The fourth-order valence-corrected chi connectivity index (χ4v) is 4.13. The fourth-order valence-electron chi connectivity index (χ4n) is 3.43. The number of benzene rings is 1. The second-order valence-electron chi connectivity index (χ2n) is 6.58. The molecule has 6 heteroatoms. The van der Waals surface area contributed by atoms with Crippen molar-refractivity contribution >= 4 is 23.2 Å². The van der Waals surface area contributed by atoms with E-state index in [1.165, 1.54) is 11.3 Å². The first-order valence-corrected chi connectivity index (χ1v) is 9.66. The van der Waals surface area contributed by atoms with Gasteiger partial charge in [0.2, 0.25) is 0 Å². The summed E-state index contributed by atoms with van der Waals surface area (Å²) in [6.07, 6.45) is 0.774.